The second-order valence-electron chi connectivity index (χ2n) is 5.01. The summed E-state index contributed by atoms with van der Waals surface area (Å²) in [6.07, 6.45) is 4.57. The molecule has 4 nitrogen and oxygen atoms in total. The molecule has 0 aliphatic rings. The van der Waals surface area contributed by atoms with E-state index in [2.05, 4.69) is 41.0 Å². The van der Waals surface area contributed by atoms with E-state index in [4.69, 9.17) is 0 Å². The molecule has 2 rings (SSSR count). The number of thiazole rings is 1. The van der Waals surface area contributed by atoms with Crippen LogP contribution in [-0.2, 0) is 6.42 Å². The first kappa shape index (κ1) is 12.3. The molecule has 0 aliphatic carbocycles. The van der Waals surface area contributed by atoms with E-state index in [0.29, 0.717) is 0 Å². The van der Waals surface area contributed by atoms with Crippen LogP contribution >= 0.6 is 11.3 Å². The molecule has 0 amide bonds. The smallest absolute Gasteiger partial charge is 0.141 e. The van der Waals surface area contributed by atoms with Crippen LogP contribution in [0.1, 0.15) is 26.6 Å². The van der Waals surface area contributed by atoms with E-state index in [1.165, 1.54) is 0 Å². The lowest BCUT2D eigenvalue weighted by atomic mass is 10.1. The van der Waals surface area contributed by atoms with Gasteiger partial charge in [0.25, 0.3) is 0 Å². The molecule has 2 N–H and O–H groups in total. The van der Waals surface area contributed by atoms with E-state index in [-0.39, 0.29) is 5.54 Å². The summed E-state index contributed by atoms with van der Waals surface area (Å²) in [7, 11) is 0. The number of nitrogens with one attached hydrogen (secondary N) is 2. The number of hydrogen-bond acceptors (Lipinski definition) is 4. The van der Waals surface area contributed by atoms with Crippen LogP contribution < -0.4 is 5.32 Å². The molecule has 0 radical (unpaired) electrons. The van der Waals surface area contributed by atoms with E-state index in [9.17, 15) is 0 Å². The van der Waals surface area contributed by atoms with Crippen molar-refractivity contribution in [3.05, 3.63) is 23.6 Å². The Hall–Kier alpha value is -1.20. The van der Waals surface area contributed by atoms with Crippen molar-refractivity contribution in [2.75, 3.05) is 6.54 Å². The summed E-state index contributed by atoms with van der Waals surface area (Å²) in [4.78, 5) is 11.9. The molecule has 92 valence electrons. The van der Waals surface area contributed by atoms with Gasteiger partial charge in [-0.25, -0.2) is 9.97 Å². The summed E-state index contributed by atoms with van der Waals surface area (Å²) in [5.74, 6) is 1.01. The number of H-pyrrole nitrogens is 1. The molecule has 0 spiro atoms. The standard InChI is InChI=1S/C12H18N4S/c1-12(2,3)15-5-4-10-14-8-9(16-10)11-13-6-7-17-11/h6-8,15H,4-5H2,1-3H3,(H,14,16). The normalized spacial score (nSPS) is 11.9. The molecule has 2 aromatic heterocycles. The number of imidazole rings is 1. The maximum atomic E-state index is 4.36. The lowest BCUT2D eigenvalue weighted by Crippen LogP contribution is -2.37. The van der Waals surface area contributed by atoms with E-state index < -0.39 is 0 Å². The molecule has 0 aliphatic heterocycles. The molecule has 0 saturated carbocycles. The van der Waals surface area contributed by atoms with E-state index in [1.54, 1.807) is 11.3 Å². The molecule has 2 heterocycles. The zero-order valence-electron chi connectivity index (χ0n) is 10.4. The number of hydrogen-bond donors (Lipinski definition) is 2. The highest BCUT2D eigenvalue weighted by Gasteiger charge is 2.09. The van der Waals surface area contributed by atoms with Crippen molar-refractivity contribution >= 4 is 11.3 Å². The highest BCUT2D eigenvalue weighted by atomic mass is 32.1. The Morgan fingerprint density at radius 2 is 2.18 bits per heavy atom. The van der Waals surface area contributed by atoms with Crippen LogP contribution in [0.15, 0.2) is 17.8 Å². The maximum absolute atomic E-state index is 4.36. The van der Waals surface area contributed by atoms with Crippen LogP contribution in [0.4, 0.5) is 0 Å². The van der Waals surface area contributed by atoms with Gasteiger partial charge in [0, 0.05) is 30.1 Å². The van der Waals surface area contributed by atoms with Gasteiger partial charge < -0.3 is 10.3 Å². The molecule has 0 saturated heterocycles. The van der Waals surface area contributed by atoms with Crippen LogP contribution in [0, 0.1) is 0 Å². The van der Waals surface area contributed by atoms with Gasteiger partial charge in [-0.2, -0.15) is 0 Å². The van der Waals surface area contributed by atoms with Crippen molar-refractivity contribution in [2.45, 2.75) is 32.7 Å². The Morgan fingerprint density at radius 3 is 2.82 bits per heavy atom. The molecule has 0 aromatic carbocycles. The SMILES string of the molecule is CC(C)(C)NCCc1ncc(-c2nccs2)[nH]1. The second kappa shape index (κ2) is 4.98. The summed E-state index contributed by atoms with van der Waals surface area (Å²) in [5, 5.41) is 6.40. The van der Waals surface area contributed by atoms with Crippen molar-refractivity contribution in [2.24, 2.45) is 0 Å². The van der Waals surface area contributed by atoms with E-state index in [1.807, 2.05) is 17.8 Å². The predicted octanol–water partition coefficient (Wildman–Crippen LogP) is 2.46. The molecule has 2 aromatic rings. The molecule has 0 unspecified atom stereocenters. The van der Waals surface area contributed by atoms with Crippen molar-refractivity contribution in [3.8, 4) is 10.7 Å². The average Bonchev–Trinajstić information content (AvgIpc) is 2.83. The molecule has 17 heavy (non-hydrogen) atoms. The summed E-state index contributed by atoms with van der Waals surface area (Å²) in [6, 6.07) is 0. The number of aromatic amines is 1. The molecular formula is C12H18N4S. The Kier molecular flexibility index (Phi) is 3.59. The van der Waals surface area contributed by atoms with E-state index >= 15 is 0 Å². The summed E-state index contributed by atoms with van der Waals surface area (Å²) < 4.78 is 0. The van der Waals surface area contributed by atoms with Crippen LogP contribution in [0.3, 0.4) is 0 Å². The largest absolute Gasteiger partial charge is 0.340 e. The van der Waals surface area contributed by atoms with Gasteiger partial charge in [0.2, 0.25) is 0 Å². The van der Waals surface area contributed by atoms with E-state index in [0.717, 1.165) is 29.5 Å². The maximum Gasteiger partial charge on any atom is 0.141 e. The molecule has 0 bridgehead atoms. The highest BCUT2D eigenvalue weighted by molar-refractivity contribution is 7.13. The molecule has 0 atom stereocenters. The van der Waals surface area contributed by atoms with Crippen LogP contribution in [0.5, 0.6) is 0 Å². The molecule has 5 heteroatoms. The van der Waals surface area contributed by atoms with Gasteiger partial charge >= 0.3 is 0 Å². The fourth-order valence-electron chi connectivity index (χ4n) is 1.51. The summed E-state index contributed by atoms with van der Waals surface area (Å²) in [6.45, 7) is 7.41. The Labute approximate surface area is 106 Å². The van der Waals surface area contributed by atoms with Crippen molar-refractivity contribution in [1.82, 2.24) is 20.3 Å². The van der Waals surface area contributed by atoms with Crippen molar-refractivity contribution in [3.63, 3.8) is 0 Å². The molecular weight excluding hydrogens is 232 g/mol. The van der Waals surface area contributed by atoms with Gasteiger partial charge in [0.05, 0.1) is 11.9 Å². The molecule has 0 fully saturated rings. The summed E-state index contributed by atoms with van der Waals surface area (Å²) in [5.41, 5.74) is 1.16. The van der Waals surface area contributed by atoms with Gasteiger partial charge in [-0.1, -0.05) is 0 Å². The number of aromatic nitrogens is 3. The predicted molar refractivity (Wildman–Crippen MR) is 71.2 cm³/mol. The highest BCUT2D eigenvalue weighted by Crippen LogP contribution is 2.19. The van der Waals surface area contributed by atoms with Gasteiger partial charge in [-0.15, -0.1) is 11.3 Å². The van der Waals surface area contributed by atoms with Crippen LogP contribution in [0.2, 0.25) is 0 Å². The Morgan fingerprint density at radius 1 is 1.35 bits per heavy atom. The minimum absolute atomic E-state index is 0.157. The second-order valence-corrected chi connectivity index (χ2v) is 5.90. The van der Waals surface area contributed by atoms with Crippen molar-refractivity contribution < 1.29 is 0 Å². The topological polar surface area (TPSA) is 53.6 Å². The minimum Gasteiger partial charge on any atom is -0.340 e. The lowest BCUT2D eigenvalue weighted by molar-refractivity contribution is 0.427. The summed E-state index contributed by atoms with van der Waals surface area (Å²) >= 11 is 1.62. The quantitative estimate of drug-likeness (QED) is 0.876. The fourth-order valence-corrected chi connectivity index (χ4v) is 2.11. The number of nitrogens with zero attached hydrogens (tertiary/aromatic N) is 2. The number of rotatable bonds is 4. The third-order valence-electron chi connectivity index (χ3n) is 2.31. The van der Waals surface area contributed by atoms with Crippen LogP contribution in [-0.4, -0.2) is 27.0 Å². The third-order valence-corrected chi connectivity index (χ3v) is 3.11. The van der Waals surface area contributed by atoms with Gasteiger partial charge in [-0.05, 0) is 20.8 Å². The first-order chi connectivity index (χ1) is 8.04. The zero-order chi connectivity index (χ0) is 12.3. The zero-order valence-corrected chi connectivity index (χ0v) is 11.3. The third kappa shape index (κ3) is 3.64. The first-order valence-electron chi connectivity index (χ1n) is 5.73. The lowest BCUT2D eigenvalue weighted by Gasteiger charge is -2.19. The Bertz CT molecular complexity index is 453. The van der Waals surface area contributed by atoms with Gasteiger partial charge in [-0.3, -0.25) is 0 Å². The monoisotopic (exact) mass is 250 g/mol. The minimum atomic E-state index is 0.157. The average molecular weight is 250 g/mol. The van der Waals surface area contributed by atoms with Gasteiger partial charge in [0.15, 0.2) is 0 Å². The fraction of sp³-hybridized carbons (Fsp3) is 0.500. The van der Waals surface area contributed by atoms with Crippen molar-refractivity contribution in [1.29, 1.82) is 0 Å². The Balaban J connectivity index is 1.91. The van der Waals surface area contributed by atoms with Crippen LogP contribution in [0.25, 0.3) is 10.7 Å². The first-order valence-corrected chi connectivity index (χ1v) is 6.61. The van der Waals surface area contributed by atoms with Gasteiger partial charge in [0.1, 0.15) is 10.8 Å².